The van der Waals surface area contributed by atoms with E-state index in [-0.39, 0.29) is 22.1 Å². The molecule has 0 saturated carbocycles. The quantitative estimate of drug-likeness (QED) is 0.584. The van der Waals surface area contributed by atoms with Gasteiger partial charge in [0, 0.05) is 29.9 Å². The Balaban J connectivity index is 1.92. The topological polar surface area (TPSA) is 88.9 Å². The van der Waals surface area contributed by atoms with Gasteiger partial charge in [0.25, 0.3) is 15.9 Å². The van der Waals surface area contributed by atoms with Gasteiger partial charge < -0.3 is 14.1 Å². The highest BCUT2D eigenvalue weighted by Crippen LogP contribution is 2.28. The normalized spacial score (nSPS) is 11.2. The van der Waals surface area contributed by atoms with E-state index in [1.54, 1.807) is 41.7 Å². The smallest absolute Gasteiger partial charge is 0.265 e. The number of methoxy groups -OCH3 is 1. The molecule has 0 unspecified atom stereocenters. The van der Waals surface area contributed by atoms with Crippen LogP contribution < -0.4 is 9.46 Å². The molecule has 0 aliphatic heterocycles. The molecular formula is C22H24N2O5S. The molecule has 0 spiro atoms. The second kappa shape index (κ2) is 9.04. The minimum atomic E-state index is -3.97. The summed E-state index contributed by atoms with van der Waals surface area (Å²) in [5.41, 5.74) is 2.55. The van der Waals surface area contributed by atoms with Gasteiger partial charge in [0.15, 0.2) is 0 Å². The molecule has 0 fully saturated rings. The summed E-state index contributed by atoms with van der Waals surface area (Å²) in [5, 5.41) is 0. The van der Waals surface area contributed by atoms with E-state index in [2.05, 4.69) is 4.72 Å². The number of benzene rings is 2. The van der Waals surface area contributed by atoms with Crippen molar-refractivity contribution in [3.8, 4) is 5.75 Å². The number of nitrogens with zero attached hydrogens (tertiary/aromatic N) is 1. The van der Waals surface area contributed by atoms with Crippen LogP contribution in [0.4, 0.5) is 5.69 Å². The van der Waals surface area contributed by atoms with Crippen LogP contribution in [0.5, 0.6) is 5.75 Å². The molecule has 1 aromatic heterocycles. The lowest BCUT2D eigenvalue weighted by Gasteiger charge is -2.21. The van der Waals surface area contributed by atoms with Crippen molar-refractivity contribution in [1.82, 2.24) is 4.90 Å². The lowest BCUT2D eigenvalue weighted by atomic mass is 10.1. The molecule has 0 aliphatic rings. The number of anilines is 1. The summed E-state index contributed by atoms with van der Waals surface area (Å²) >= 11 is 0. The summed E-state index contributed by atoms with van der Waals surface area (Å²) in [6.07, 6.45) is 3.12. The van der Waals surface area contributed by atoms with Crippen LogP contribution in [-0.2, 0) is 16.6 Å². The summed E-state index contributed by atoms with van der Waals surface area (Å²) in [6, 6.07) is 13.2. The van der Waals surface area contributed by atoms with E-state index in [1.807, 2.05) is 26.0 Å². The van der Waals surface area contributed by atoms with Gasteiger partial charge in [0.1, 0.15) is 10.6 Å². The minimum Gasteiger partial charge on any atom is -0.495 e. The molecule has 1 amide bonds. The van der Waals surface area contributed by atoms with E-state index in [9.17, 15) is 13.2 Å². The van der Waals surface area contributed by atoms with E-state index >= 15 is 0 Å². The van der Waals surface area contributed by atoms with Crippen molar-refractivity contribution in [1.29, 1.82) is 0 Å². The molecule has 1 N–H and O–H groups in total. The number of sulfonamides is 1. The minimum absolute atomic E-state index is 0.101. The maximum absolute atomic E-state index is 13.0. The Labute approximate surface area is 176 Å². The van der Waals surface area contributed by atoms with Crippen molar-refractivity contribution >= 4 is 21.6 Å². The predicted octanol–water partition coefficient (Wildman–Crippen LogP) is 4.06. The zero-order valence-corrected chi connectivity index (χ0v) is 17.9. The van der Waals surface area contributed by atoms with Crippen LogP contribution in [0.1, 0.15) is 28.4 Å². The maximum Gasteiger partial charge on any atom is 0.265 e. The Hall–Kier alpha value is -3.26. The Morgan fingerprint density at radius 2 is 1.87 bits per heavy atom. The van der Waals surface area contributed by atoms with Crippen molar-refractivity contribution in [3.63, 3.8) is 0 Å². The molecule has 0 saturated heterocycles. The fourth-order valence-electron chi connectivity index (χ4n) is 2.96. The number of rotatable bonds is 8. The summed E-state index contributed by atoms with van der Waals surface area (Å²) in [5.74, 6) is -0.128. The summed E-state index contributed by atoms with van der Waals surface area (Å²) in [6.45, 7) is 4.60. The third kappa shape index (κ3) is 4.83. The number of hydrogen-bond acceptors (Lipinski definition) is 5. The van der Waals surface area contributed by atoms with E-state index in [4.69, 9.17) is 9.15 Å². The molecule has 158 valence electrons. The number of hydrogen-bond donors (Lipinski definition) is 1. The number of carbonyl (C=O) groups excluding carboxylic acids is 1. The van der Waals surface area contributed by atoms with Crippen molar-refractivity contribution in [2.24, 2.45) is 0 Å². The maximum atomic E-state index is 13.0. The first-order chi connectivity index (χ1) is 14.3. The molecule has 3 rings (SSSR count). The number of nitrogens with one attached hydrogen (secondary N) is 1. The van der Waals surface area contributed by atoms with Gasteiger partial charge in [-0.05, 0) is 50.2 Å². The largest absolute Gasteiger partial charge is 0.495 e. The van der Waals surface area contributed by atoms with Gasteiger partial charge in [-0.25, -0.2) is 8.42 Å². The molecular weight excluding hydrogens is 404 g/mol. The Bertz CT molecular complexity index is 1110. The number of ether oxygens (including phenoxy) is 1. The second-order valence-corrected chi connectivity index (χ2v) is 8.44. The number of furan rings is 1. The fourth-order valence-corrected chi connectivity index (χ4v) is 4.22. The SMILES string of the molecule is CCN(Cc1ccoc1)C(=O)c1ccc(OC)c(S(=O)(=O)Nc2ccc(C)cc2)c1. The van der Waals surface area contributed by atoms with Crippen molar-refractivity contribution in [2.75, 3.05) is 18.4 Å². The van der Waals surface area contributed by atoms with Crippen molar-refractivity contribution in [2.45, 2.75) is 25.3 Å². The van der Waals surface area contributed by atoms with E-state index in [0.29, 0.717) is 18.8 Å². The van der Waals surface area contributed by atoms with Gasteiger partial charge in [-0.2, -0.15) is 0 Å². The molecule has 0 bridgehead atoms. The molecule has 1 heterocycles. The van der Waals surface area contributed by atoms with Gasteiger partial charge in [-0.15, -0.1) is 0 Å². The average Bonchev–Trinajstić information content (AvgIpc) is 3.26. The lowest BCUT2D eigenvalue weighted by Crippen LogP contribution is -2.30. The van der Waals surface area contributed by atoms with Crippen LogP contribution in [-0.4, -0.2) is 32.9 Å². The Morgan fingerprint density at radius 3 is 2.47 bits per heavy atom. The molecule has 0 atom stereocenters. The van der Waals surface area contributed by atoms with Crippen LogP contribution >= 0.6 is 0 Å². The highest BCUT2D eigenvalue weighted by molar-refractivity contribution is 7.92. The average molecular weight is 429 g/mol. The third-order valence-corrected chi connectivity index (χ3v) is 6.03. The van der Waals surface area contributed by atoms with E-state index in [0.717, 1.165) is 11.1 Å². The first-order valence-corrected chi connectivity index (χ1v) is 10.9. The fraction of sp³-hybridized carbons (Fsp3) is 0.227. The van der Waals surface area contributed by atoms with Crippen LogP contribution in [0.3, 0.4) is 0 Å². The van der Waals surface area contributed by atoms with Crippen molar-refractivity contribution in [3.05, 3.63) is 77.7 Å². The number of carbonyl (C=O) groups is 1. The first-order valence-electron chi connectivity index (χ1n) is 9.42. The second-order valence-electron chi connectivity index (χ2n) is 6.79. The van der Waals surface area contributed by atoms with Gasteiger partial charge in [0.2, 0.25) is 0 Å². The highest BCUT2D eigenvalue weighted by atomic mass is 32.2. The highest BCUT2D eigenvalue weighted by Gasteiger charge is 2.24. The number of aryl methyl sites for hydroxylation is 1. The van der Waals surface area contributed by atoms with E-state index < -0.39 is 10.0 Å². The predicted molar refractivity (Wildman–Crippen MR) is 114 cm³/mol. The van der Waals surface area contributed by atoms with Crippen LogP contribution in [0.15, 0.2) is 70.4 Å². The van der Waals surface area contributed by atoms with Gasteiger partial charge in [0.05, 0.1) is 19.6 Å². The molecule has 7 nitrogen and oxygen atoms in total. The zero-order chi connectivity index (χ0) is 21.7. The van der Waals surface area contributed by atoms with Crippen LogP contribution in [0.25, 0.3) is 0 Å². The Kier molecular flexibility index (Phi) is 6.47. The van der Waals surface area contributed by atoms with Gasteiger partial charge in [-0.1, -0.05) is 17.7 Å². The van der Waals surface area contributed by atoms with Crippen molar-refractivity contribution < 1.29 is 22.4 Å². The third-order valence-electron chi connectivity index (χ3n) is 4.63. The monoisotopic (exact) mass is 428 g/mol. The molecule has 3 aromatic rings. The van der Waals surface area contributed by atoms with Crippen LogP contribution in [0, 0.1) is 6.92 Å². The Morgan fingerprint density at radius 1 is 1.13 bits per heavy atom. The molecule has 2 aromatic carbocycles. The van der Waals surface area contributed by atoms with E-state index in [1.165, 1.54) is 19.2 Å². The van der Waals surface area contributed by atoms with Crippen LogP contribution in [0.2, 0.25) is 0 Å². The number of amides is 1. The lowest BCUT2D eigenvalue weighted by molar-refractivity contribution is 0.0752. The molecule has 0 aliphatic carbocycles. The summed E-state index contributed by atoms with van der Waals surface area (Å²) in [7, 11) is -2.58. The van der Waals surface area contributed by atoms with Gasteiger partial charge >= 0.3 is 0 Å². The molecule has 0 radical (unpaired) electrons. The standard InChI is InChI=1S/C22H24N2O5S/c1-4-24(14-17-11-12-29-15-17)22(25)18-7-10-20(28-3)21(13-18)30(26,27)23-19-8-5-16(2)6-9-19/h5-13,15,23H,4,14H2,1-3H3. The molecule has 30 heavy (non-hydrogen) atoms. The summed E-state index contributed by atoms with van der Waals surface area (Å²) < 4.78 is 38.9. The first kappa shape index (κ1) is 21.4. The molecule has 8 heteroatoms. The zero-order valence-electron chi connectivity index (χ0n) is 17.1. The summed E-state index contributed by atoms with van der Waals surface area (Å²) in [4.78, 5) is 14.5. The van der Waals surface area contributed by atoms with Gasteiger partial charge in [-0.3, -0.25) is 9.52 Å².